The van der Waals surface area contributed by atoms with Crippen molar-refractivity contribution in [3.63, 3.8) is 0 Å². The van der Waals surface area contributed by atoms with E-state index in [1.165, 1.54) is 25.7 Å². The molecule has 0 aromatic heterocycles. The van der Waals surface area contributed by atoms with Crippen LogP contribution in [0.3, 0.4) is 0 Å². The molecule has 0 bridgehead atoms. The van der Waals surface area contributed by atoms with Crippen LogP contribution in [0.4, 0.5) is 24.5 Å². The molecule has 2 aromatic rings. The van der Waals surface area contributed by atoms with Crippen LogP contribution in [0, 0.1) is 36.9 Å². The summed E-state index contributed by atoms with van der Waals surface area (Å²) in [6.07, 6.45) is 13.3. The summed E-state index contributed by atoms with van der Waals surface area (Å²) >= 11 is 0. The van der Waals surface area contributed by atoms with E-state index in [2.05, 4.69) is 95.8 Å². The third kappa shape index (κ3) is 8.24. The molecule has 2 aliphatic rings. The third-order valence-corrected chi connectivity index (χ3v) is 5.21. The van der Waals surface area contributed by atoms with Gasteiger partial charge in [-0.1, -0.05) is 26.7 Å². The molecule has 0 saturated carbocycles. The summed E-state index contributed by atoms with van der Waals surface area (Å²) in [6.45, 7) is 10.9. The first-order chi connectivity index (χ1) is 16.4. The summed E-state index contributed by atoms with van der Waals surface area (Å²) in [5, 5.41) is 8.47. The number of nitrogens with zero attached hydrogens (tertiary/aromatic N) is 4. The average Bonchev–Trinajstić information content (AvgIpc) is 3.50. The minimum Gasteiger partial charge on any atom is -0.508 e. The zero-order valence-corrected chi connectivity index (χ0v) is 22.1. The van der Waals surface area contributed by atoms with Gasteiger partial charge in [-0.2, -0.15) is 19.4 Å². The maximum Gasteiger partial charge on any atom is 0.194 e. The van der Waals surface area contributed by atoms with Gasteiger partial charge in [0.25, 0.3) is 0 Å². The quantitative estimate of drug-likeness (QED) is 0.264. The van der Waals surface area contributed by atoms with Crippen molar-refractivity contribution in [2.24, 2.45) is 0 Å². The summed E-state index contributed by atoms with van der Waals surface area (Å²) in [5.74, 6) is -4.98. The fourth-order valence-corrected chi connectivity index (χ4v) is 3.31. The first-order valence-electron chi connectivity index (χ1n) is 11.4. The van der Waals surface area contributed by atoms with E-state index in [1.54, 1.807) is 0 Å². The molecule has 1 N–H and O–H groups in total. The van der Waals surface area contributed by atoms with E-state index >= 15 is 0 Å². The number of benzene rings is 2. The van der Waals surface area contributed by atoms with Gasteiger partial charge in [-0.25, -0.2) is 13.2 Å². The zero-order valence-electron chi connectivity index (χ0n) is 19.8. The van der Waals surface area contributed by atoms with E-state index in [-0.39, 0.29) is 21.1 Å². The van der Waals surface area contributed by atoms with Crippen LogP contribution in [0.15, 0.2) is 55.1 Å². The van der Waals surface area contributed by atoms with Gasteiger partial charge in [-0.3, -0.25) is 0 Å². The Morgan fingerprint density at radius 3 is 1.69 bits per heavy atom. The molecule has 0 aliphatic carbocycles. The number of hydrogen-bond acceptors (Lipinski definition) is 5. The largest absolute Gasteiger partial charge is 0.508 e. The molecule has 35 heavy (non-hydrogen) atoms. The number of anilines is 2. The topological polar surface area (TPSA) is 33.2 Å². The molecule has 0 spiro atoms. The number of halogens is 3. The van der Waals surface area contributed by atoms with E-state index < -0.39 is 23.2 Å². The Morgan fingerprint density at radius 2 is 1.26 bits per heavy atom. The van der Waals surface area contributed by atoms with Gasteiger partial charge < -0.3 is 24.7 Å². The monoisotopic (exact) mass is 666 g/mol. The number of rotatable bonds is 8. The zero-order chi connectivity index (χ0) is 24.5. The van der Waals surface area contributed by atoms with Gasteiger partial charge in [-0.05, 0) is 50.7 Å². The number of hydrogen-bond donors (Lipinski definition) is 1. The molecule has 0 saturated heterocycles. The van der Waals surface area contributed by atoms with E-state index in [0.29, 0.717) is 12.1 Å². The molecular weight excluding hydrogens is 636 g/mol. The van der Waals surface area contributed by atoms with Crippen molar-refractivity contribution < 1.29 is 39.3 Å². The Labute approximate surface area is 220 Å². The van der Waals surface area contributed by atoms with Gasteiger partial charge in [0.2, 0.25) is 0 Å². The van der Waals surface area contributed by atoms with Crippen molar-refractivity contribution >= 4 is 11.4 Å². The maximum absolute atomic E-state index is 12.1. The first-order valence-corrected chi connectivity index (χ1v) is 11.4. The van der Waals surface area contributed by atoms with Crippen LogP contribution in [0.2, 0.25) is 0 Å². The molecule has 5 nitrogen and oxygen atoms in total. The van der Waals surface area contributed by atoms with Crippen LogP contribution < -0.4 is 9.80 Å². The van der Waals surface area contributed by atoms with E-state index in [9.17, 15) is 13.2 Å². The molecule has 2 aliphatic heterocycles. The summed E-state index contributed by atoms with van der Waals surface area (Å²) in [4.78, 5) is 8.73. The predicted octanol–water partition coefficient (Wildman–Crippen LogP) is 6.32. The van der Waals surface area contributed by atoms with Crippen molar-refractivity contribution in [1.82, 2.24) is 9.80 Å². The number of aromatic hydroxyl groups is 1. The van der Waals surface area contributed by atoms with Crippen LogP contribution in [-0.2, 0) is 21.1 Å². The minimum absolute atomic E-state index is 0. The predicted molar refractivity (Wildman–Crippen MR) is 128 cm³/mol. The average molecular weight is 667 g/mol. The molecule has 0 radical (unpaired) electrons. The Balaban J connectivity index is 0.000000332. The summed E-state index contributed by atoms with van der Waals surface area (Å²) in [7, 11) is 0. The molecule has 0 amide bonds. The first kappa shape index (κ1) is 28.6. The second-order valence-corrected chi connectivity index (χ2v) is 7.97. The summed E-state index contributed by atoms with van der Waals surface area (Å²) < 4.78 is 36.2. The molecular formula is C26H30F3N4OPt-3. The Morgan fingerprint density at radius 1 is 0.800 bits per heavy atom. The Kier molecular flexibility index (Phi) is 11.5. The van der Waals surface area contributed by atoms with Gasteiger partial charge in [-0.15, -0.1) is 29.6 Å². The Hall–Kier alpha value is -2.60. The smallest absolute Gasteiger partial charge is 0.194 e. The van der Waals surface area contributed by atoms with Crippen LogP contribution in [-0.4, -0.2) is 28.0 Å². The standard InChI is InChI=1S/C20H27N4.C6H3F3O.Pt/c1-3-5-10-21-12-14-23(17-21)19-8-7-9-20(16-19)24-15-13-22(18-24)11-6-4-2;7-4-1-3(10)2-5(8)6(4)9;/h7-9,12-15,17-18H,3-6,10-11H2,1-2H3;1-2,10H;/q-3;;. The van der Waals surface area contributed by atoms with E-state index in [1.807, 2.05) is 0 Å². The number of phenolic OH excluding ortho intramolecular Hbond substituents is 1. The molecule has 0 atom stereocenters. The van der Waals surface area contributed by atoms with Crippen molar-refractivity contribution in [3.05, 3.63) is 92.0 Å². The fraction of sp³-hybridized carbons (Fsp3) is 0.308. The third-order valence-electron chi connectivity index (χ3n) is 5.21. The summed E-state index contributed by atoms with van der Waals surface area (Å²) in [5.41, 5.74) is 2.13. The van der Waals surface area contributed by atoms with E-state index in [0.717, 1.165) is 24.5 Å². The number of unbranched alkanes of at least 4 members (excludes halogenated alkanes) is 2. The van der Waals surface area contributed by atoms with Crippen molar-refractivity contribution in [1.29, 1.82) is 0 Å². The van der Waals surface area contributed by atoms with Crippen LogP contribution in [0.1, 0.15) is 39.5 Å². The molecule has 2 heterocycles. The van der Waals surface area contributed by atoms with Crippen LogP contribution in [0.5, 0.6) is 5.75 Å². The second kappa shape index (κ2) is 14.1. The van der Waals surface area contributed by atoms with Crippen LogP contribution >= 0.6 is 0 Å². The fourth-order valence-electron chi connectivity index (χ4n) is 3.31. The van der Waals surface area contributed by atoms with Gasteiger partial charge >= 0.3 is 0 Å². The molecule has 4 rings (SSSR count). The SMILES string of the molecule is CCCCN1C=CN(c2[c-]c(N3C=CN(CCCC)[CH-]3)ccc2)[CH-]1.Oc1cc(F)c(F)c(F)c1.[Pt]. The molecule has 9 heteroatoms. The molecule has 2 aromatic carbocycles. The minimum atomic E-state index is -1.57. The van der Waals surface area contributed by atoms with Crippen LogP contribution in [0.25, 0.3) is 0 Å². The van der Waals surface area contributed by atoms with E-state index in [4.69, 9.17) is 5.11 Å². The van der Waals surface area contributed by atoms with Crippen molar-refractivity contribution in [2.45, 2.75) is 39.5 Å². The van der Waals surface area contributed by atoms with Crippen molar-refractivity contribution in [2.75, 3.05) is 22.9 Å². The summed E-state index contributed by atoms with van der Waals surface area (Å²) in [6, 6.07) is 10.8. The normalized spacial score (nSPS) is 14.3. The maximum atomic E-state index is 12.1. The molecule has 0 unspecified atom stereocenters. The van der Waals surface area contributed by atoms with Gasteiger partial charge in [0, 0.05) is 33.2 Å². The Bertz CT molecular complexity index is 934. The van der Waals surface area contributed by atoms with Gasteiger partial charge in [0.05, 0.1) is 0 Å². The van der Waals surface area contributed by atoms with Gasteiger partial charge in [0.1, 0.15) is 5.75 Å². The molecule has 194 valence electrons. The van der Waals surface area contributed by atoms with Gasteiger partial charge in [0.15, 0.2) is 17.5 Å². The second-order valence-electron chi connectivity index (χ2n) is 7.97. The van der Waals surface area contributed by atoms with Crippen molar-refractivity contribution in [3.8, 4) is 5.75 Å². The molecule has 0 fully saturated rings. The number of phenols is 1.